The highest BCUT2D eigenvalue weighted by Crippen LogP contribution is 2.24. The fourth-order valence-electron chi connectivity index (χ4n) is 2.03. The van der Waals surface area contributed by atoms with Crippen LogP contribution >= 0.6 is 0 Å². The van der Waals surface area contributed by atoms with E-state index in [9.17, 15) is 10.1 Å². The van der Waals surface area contributed by atoms with Gasteiger partial charge in [0.15, 0.2) is 0 Å². The summed E-state index contributed by atoms with van der Waals surface area (Å²) in [5, 5.41) is 14.6. The van der Waals surface area contributed by atoms with Gasteiger partial charge in [-0.2, -0.15) is 0 Å². The standard InChI is InChI=1S/C13H12N6O2/c20-19(21)9-1-2-11-10(7-9)13(18-8-17-11)16-4-3-12-14-5-6-15-12/h1-2,5-8H,3-4H2,(H,14,15)(H,16,17,18). The summed E-state index contributed by atoms with van der Waals surface area (Å²) in [6, 6.07) is 4.53. The highest BCUT2D eigenvalue weighted by molar-refractivity contribution is 5.90. The summed E-state index contributed by atoms with van der Waals surface area (Å²) in [7, 11) is 0. The minimum atomic E-state index is -0.431. The van der Waals surface area contributed by atoms with E-state index in [1.165, 1.54) is 18.5 Å². The average Bonchev–Trinajstić information content (AvgIpc) is 3.00. The summed E-state index contributed by atoms with van der Waals surface area (Å²) in [5.74, 6) is 1.45. The molecule has 2 N–H and O–H groups in total. The topological polar surface area (TPSA) is 110 Å². The minimum absolute atomic E-state index is 0.0198. The predicted molar refractivity (Wildman–Crippen MR) is 77.0 cm³/mol. The van der Waals surface area contributed by atoms with Crippen LogP contribution in [0.4, 0.5) is 11.5 Å². The number of aromatic amines is 1. The molecule has 2 heterocycles. The van der Waals surface area contributed by atoms with Crippen molar-refractivity contribution >= 4 is 22.4 Å². The summed E-state index contributed by atoms with van der Waals surface area (Å²) in [4.78, 5) is 25.8. The van der Waals surface area contributed by atoms with Crippen LogP contribution < -0.4 is 5.32 Å². The molecule has 2 aromatic heterocycles. The van der Waals surface area contributed by atoms with Gasteiger partial charge in [0.1, 0.15) is 18.0 Å². The molecular weight excluding hydrogens is 272 g/mol. The quantitative estimate of drug-likeness (QED) is 0.547. The van der Waals surface area contributed by atoms with Gasteiger partial charge in [0.05, 0.1) is 10.4 Å². The molecule has 0 unspecified atom stereocenters. The summed E-state index contributed by atoms with van der Waals surface area (Å²) < 4.78 is 0. The molecule has 8 nitrogen and oxygen atoms in total. The number of nitrogens with zero attached hydrogens (tertiary/aromatic N) is 4. The van der Waals surface area contributed by atoms with Crippen molar-refractivity contribution < 1.29 is 4.92 Å². The molecule has 0 bridgehead atoms. The number of imidazole rings is 1. The summed E-state index contributed by atoms with van der Waals surface area (Å²) >= 11 is 0. The molecule has 3 rings (SSSR count). The van der Waals surface area contributed by atoms with E-state index in [4.69, 9.17) is 0 Å². The van der Waals surface area contributed by atoms with E-state index in [0.717, 1.165) is 5.82 Å². The van der Waals surface area contributed by atoms with E-state index in [-0.39, 0.29) is 5.69 Å². The molecular formula is C13H12N6O2. The van der Waals surface area contributed by atoms with Gasteiger partial charge in [-0.15, -0.1) is 0 Å². The fourth-order valence-corrected chi connectivity index (χ4v) is 2.03. The molecule has 0 aliphatic rings. The number of benzene rings is 1. The van der Waals surface area contributed by atoms with E-state index in [1.807, 2.05) is 0 Å². The van der Waals surface area contributed by atoms with Crippen LogP contribution in [0.5, 0.6) is 0 Å². The second-order valence-corrected chi connectivity index (χ2v) is 4.39. The number of anilines is 1. The van der Waals surface area contributed by atoms with Gasteiger partial charge in [-0.1, -0.05) is 0 Å². The van der Waals surface area contributed by atoms with Gasteiger partial charge in [0, 0.05) is 42.9 Å². The van der Waals surface area contributed by atoms with Crippen molar-refractivity contribution in [1.29, 1.82) is 0 Å². The summed E-state index contributed by atoms with van der Waals surface area (Å²) in [6.07, 6.45) is 5.59. The molecule has 3 aromatic rings. The van der Waals surface area contributed by atoms with Crippen LogP contribution in [0.25, 0.3) is 10.9 Å². The first-order valence-electron chi connectivity index (χ1n) is 6.35. The number of rotatable bonds is 5. The van der Waals surface area contributed by atoms with Crippen molar-refractivity contribution in [2.45, 2.75) is 6.42 Å². The van der Waals surface area contributed by atoms with Gasteiger partial charge >= 0.3 is 0 Å². The lowest BCUT2D eigenvalue weighted by atomic mass is 10.2. The van der Waals surface area contributed by atoms with Gasteiger partial charge in [-0.05, 0) is 6.07 Å². The zero-order valence-corrected chi connectivity index (χ0v) is 11.0. The van der Waals surface area contributed by atoms with Crippen molar-refractivity contribution in [3.05, 3.63) is 52.9 Å². The number of fused-ring (bicyclic) bond motifs is 1. The molecule has 21 heavy (non-hydrogen) atoms. The zero-order valence-electron chi connectivity index (χ0n) is 11.0. The van der Waals surface area contributed by atoms with Crippen LogP contribution in [0.2, 0.25) is 0 Å². The minimum Gasteiger partial charge on any atom is -0.369 e. The maximum absolute atomic E-state index is 10.9. The third-order valence-corrected chi connectivity index (χ3v) is 3.04. The van der Waals surface area contributed by atoms with Gasteiger partial charge < -0.3 is 10.3 Å². The molecule has 106 valence electrons. The summed E-state index contributed by atoms with van der Waals surface area (Å²) in [6.45, 7) is 0.613. The maximum Gasteiger partial charge on any atom is 0.270 e. The van der Waals surface area contributed by atoms with Crippen LogP contribution in [-0.4, -0.2) is 31.4 Å². The largest absolute Gasteiger partial charge is 0.369 e. The third kappa shape index (κ3) is 2.78. The number of aromatic nitrogens is 4. The highest BCUT2D eigenvalue weighted by Gasteiger charge is 2.10. The lowest BCUT2D eigenvalue weighted by Gasteiger charge is -2.07. The second-order valence-electron chi connectivity index (χ2n) is 4.39. The van der Waals surface area contributed by atoms with E-state index >= 15 is 0 Å². The van der Waals surface area contributed by atoms with Crippen LogP contribution in [-0.2, 0) is 6.42 Å². The Bertz CT molecular complexity index is 771. The summed E-state index contributed by atoms with van der Waals surface area (Å²) in [5.41, 5.74) is 0.683. The van der Waals surface area contributed by atoms with Crippen molar-refractivity contribution in [3.8, 4) is 0 Å². The molecule has 0 spiro atoms. The van der Waals surface area contributed by atoms with Crippen molar-refractivity contribution in [2.24, 2.45) is 0 Å². The third-order valence-electron chi connectivity index (χ3n) is 3.04. The van der Waals surface area contributed by atoms with Gasteiger partial charge in [0.2, 0.25) is 0 Å². The highest BCUT2D eigenvalue weighted by atomic mass is 16.6. The lowest BCUT2D eigenvalue weighted by molar-refractivity contribution is -0.384. The van der Waals surface area contributed by atoms with E-state index in [1.54, 1.807) is 18.5 Å². The Kier molecular flexibility index (Phi) is 3.42. The van der Waals surface area contributed by atoms with Crippen LogP contribution in [0.1, 0.15) is 5.82 Å². The SMILES string of the molecule is O=[N+]([O-])c1ccc2ncnc(NCCc3ncc[nH]3)c2c1. The Labute approximate surface area is 119 Å². The predicted octanol–water partition coefficient (Wildman–Crippen LogP) is 1.92. The molecule has 0 amide bonds. The van der Waals surface area contributed by atoms with Crippen LogP contribution in [0, 0.1) is 10.1 Å². The Balaban J connectivity index is 1.83. The number of nitrogens with one attached hydrogen (secondary N) is 2. The molecule has 0 aliphatic heterocycles. The number of H-pyrrole nitrogens is 1. The van der Waals surface area contributed by atoms with Crippen molar-refractivity contribution in [3.63, 3.8) is 0 Å². The normalized spacial score (nSPS) is 10.7. The average molecular weight is 284 g/mol. The second kappa shape index (κ2) is 5.53. The number of nitro groups is 1. The smallest absolute Gasteiger partial charge is 0.270 e. The first-order chi connectivity index (χ1) is 10.2. The Morgan fingerprint density at radius 1 is 1.29 bits per heavy atom. The number of nitro benzene ring substituents is 1. The molecule has 0 aliphatic carbocycles. The molecule has 0 atom stereocenters. The molecule has 0 radical (unpaired) electrons. The Morgan fingerprint density at radius 2 is 2.19 bits per heavy atom. The first kappa shape index (κ1) is 13.0. The van der Waals surface area contributed by atoms with Crippen LogP contribution in [0.3, 0.4) is 0 Å². The van der Waals surface area contributed by atoms with Crippen LogP contribution in [0.15, 0.2) is 36.9 Å². The maximum atomic E-state index is 10.9. The van der Waals surface area contributed by atoms with Gasteiger partial charge in [0.25, 0.3) is 5.69 Å². The fraction of sp³-hybridized carbons (Fsp3) is 0.154. The molecule has 0 saturated heterocycles. The van der Waals surface area contributed by atoms with Gasteiger partial charge in [-0.3, -0.25) is 10.1 Å². The van der Waals surface area contributed by atoms with Gasteiger partial charge in [-0.25, -0.2) is 15.0 Å². The number of hydrogen-bond donors (Lipinski definition) is 2. The first-order valence-corrected chi connectivity index (χ1v) is 6.35. The van der Waals surface area contributed by atoms with E-state index in [0.29, 0.717) is 29.7 Å². The molecule has 1 aromatic carbocycles. The molecule has 8 heteroatoms. The zero-order chi connectivity index (χ0) is 14.7. The number of hydrogen-bond acceptors (Lipinski definition) is 6. The molecule has 0 saturated carbocycles. The molecule has 0 fully saturated rings. The lowest BCUT2D eigenvalue weighted by Crippen LogP contribution is -2.08. The van der Waals surface area contributed by atoms with E-state index < -0.39 is 4.92 Å². The Hall–Kier alpha value is -3.03. The van der Waals surface area contributed by atoms with Crippen molar-refractivity contribution in [1.82, 2.24) is 19.9 Å². The number of non-ortho nitro benzene ring substituents is 1. The monoisotopic (exact) mass is 284 g/mol. The Morgan fingerprint density at radius 3 is 2.95 bits per heavy atom. The van der Waals surface area contributed by atoms with Crippen molar-refractivity contribution in [2.75, 3.05) is 11.9 Å². The van der Waals surface area contributed by atoms with E-state index in [2.05, 4.69) is 25.3 Å².